The fourth-order valence-corrected chi connectivity index (χ4v) is 2.11. The Balaban J connectivity index is 3.74. The number of hydrogen-bond acceptors (Lipinski definition) is 4. The number of aliphatic hydroxyl groups is 1. The van der Waals surface area contributed by atoms with Crippen LogP contribution < -0.4 is 0 Å². The molecule has 0 aromatic rings. The predicted octanol–water partition coefficient (Wildman–Crippen LogP) is 2.21. The number of methoxy groups -OCH3 is 2. The topological polar surface area (TPSA) is 76.0 Å². The SMILES string of the molecule is CCC(CC(CCCCC(O)CC(=O)O)OC)OC. The number of carboxylic acids is 1. The average molecular weight is 276 g/mol. The van der Waals surface area contributed by atoms with Gasteiger partial charge in [-0.25, -0.2) is 0 Å². The highest BCUT2D eigenvalue weighted by atomic mass is 16.5. The Morgan fingerprint density at radius 1 is 1.11 bits per heavy atom. The molecule has 0 saturated carbocycles. The van der Waals surface area contributed by atoms with Crippen molar-refractivity contribution in [3.05, 3.63) is 0 Å². The van der Waals surface area contributed by atoms with Crippen LogP contribution in [-0.2, 0) is 14.3 Å². The van der Waals surface area contributed by atoms with Crippen LogP contribution in [0.4, 0.5) is 0 Å². The molecule has 0 amide bonds. The lowest BCUT2D eigenvalue weighted by Crippen LogP contribution is -2.21. The van der Waals surface area contributed by atoms with Crippen LogP contribution >= 0.6 is 0 Å². The minimum Gasteiger partial charge on any atom is -0.481 e. The van der Waals surface area contributed by atoms with Gasteiger partial charge in [0.1, 0.15) is 0 Å². The maximum atomic E-state index is 10.4. The van der Waals surface area contributed by atoms with Gasteiger partial charge >= 0.3 is 5.97 Å². The first-order chi connectivity index (χ1) is 9.03. The van der Waals surface area contributed by atoms with Gasteiger partial charge in [-0.15, -0.1) is 0 Å². The first-order valence-corrected chi connectivity index (χ1v) is 6.98. The van der Waals surface area contributed by atoms with Crippen molar-refractivity contribution in [1.82, 2.24) is 0 Å². The van der Waals surface area contributed by atoms with Crippen molar-refractivity contribution in [2.45, 2.75) is 70.2 Å². The van der Waals surface area contributed by atoms with Crippen molar-refractivity contribution >= 4 is 5.97 Å². The summed E-state index contributed by atoms with van der Waals surface area (Å²) < 4.78 is 10.8. The summed E-state index contributed by atoms with van der Waals surface area (Å²) in [5.41, 5.74) is 0. The van der Waals surface area contributed by atoms with Crippen LogP contribution in [0, 0.1) is 0 Å². The quantitative estimate of drug-likeness (QED) is 0.534. The first-order valence-electron chi connectivity index (χ1n) is 6.98. The summed E-state index contributed by atoms with van der Waals surface area (Å²) in [6, 6.07) is 0. The maximum absolute atomic E-state index is 10.4. The van der Waals surface area contributed by atoms with E-state index in [0.717, 1.165) is 32.1 Å². The van der Waals surface area contributed by atoms with Crippen LogP contribution in [0.1, 0.15) is 51.9 Å². The molecule has 114 valence electrons. The van der Waals surface area contributed by atoms with Crippen LogP contribution in [0.15, 0.2) is 0 Å². The summed E-state index contributed by atoms with van der Waals surface area (Å²) in [4.78, 5) is 10.4. The van der Waals surface area contributed by atoms with Gasteiger partial charge in [-0.1, -0.05) is 19.8 Å². The van der Waals surface area contributed by atoms with Crippen molar-refractivity contribution in [3.63, 3.8) is 0 Å². The second-order valence-electron chi connectivity index (χ2n) is 4.90. The highest BCUT2D eigenvalue weighted by Gasteiger charge is 2.15. The van der Waals surface area contributed by atoms with Gasteiger partial charge in [0.05, 0.1) is 24.7 Å². The second-order valence-corrected chi connectivity index (χ2v) is 4.90. The van der Waals surface area contributed by atoms with Crippen LogP contribution in [-0.4, -0.2) is 48.7 Å². The van der Waals surface area contributed by atoms with Crippen LogP contribution in [0.5, 0.6) is 0 Å². The van der Waals surface area contributed by atoms with Crippen molar-refractivity contribution < 1.29 is 24.5 Å². The molecule has 0 radical (unpaired) electrons. The standard InChI is InChI=1S/C14H28O5/c1-4-12(18-2)10-13(19-3)8-6-5-7-11(15)9-14(16)17/h11-13,15H,4-10H2,1-3H3,(H,16,17). The molecular formula is C14H28O5. The molecule has 0 fully saturated rings. The van der Waals surface area contributed by atoms with Gasteiger partial charge in [-0.3, -0.25) is 4.79 Å². The van der Waals surface area contributed by atoms with Gasteiger partial charge in [0.25, 0.3) is 0 Å². The summed E-state index contributed by atoms with van der Waals surface area (Å²) in [5.74, 6) is -0.951. The molecule has 2 N–H and O–H groups in total. The average Bonchev–Trinajstić information content (AvgIpc) is 2.37. The third-order valence-corrected chi connectivity index (χ3v) is 3.37. The molecule has 19 heavy (non-hydrogen) atoms. The number of carbonyl (C=O) groups is 1. The Morgan fingerprint density at radius 3 is 2.16 bits per heavy atom. The molecule has 0 spiro atoms. The summed E-state index contributed by atoms with van der Waals surface area (Å²) in [7, 11) is 3.41. The lowest BCUT2D eigenvalue weighted by atomic mass is 10.0. The largest absolute Gasteiger partial charge is 0.481 e. The molecule has 3 unspecified atom stereocenters. The third-order valence-electron chi connectivity index (χ3n) is 3.37. The molecule has 0 rings (SSSR count). The number of unbranched alkanes of at least 4 members (excludes halogenated alkanes) is 1. The van der Waals surface area contributed by atoms with Gasteiger partial charge in [0.2, 0.25) is 0 Å². The molecule has 0 aromatic heterocycles. The van der Waals surface area contributed by atoms with E-state index in [1.165, 1.54) is 0 Å². The van der Waals surface area contributed by atoms with Gasteiger partial charge in [-0.2, -0.15) is 0 Å². The predicted molar refractivity (Wildman–Crippen MR) is 73.2 cm³/mol. The minimum atomic E-state index is -0.951. The van der Waals surface area contributed by atoms with Crippen molar-refractivity contribution in [2.24, 2.45) is 0 Å². The molecule has 0 aromatic carbocycles. The molecule has 0 aliphatic heterocycles. The summed E-state index contributed by atoms with van der Waals surface area (Å²) in [6.07, 6.45) is 4.52. The highest BCUT2D eigenvalue weighted by Crippen LogP contribution is 2.16. The van der Waals surface area contributed by atoms with E-state index in [1.807, 2.05) is 0 Å². The number of aliphatic carboxylic acids is 1. The molecule has 0 aliphatic carbocycles. The minimum absolute atomic E-state index is 0.168. The van der Waals surface area contributed by atoms with Gasteiger partial charge in [0, 0.05) is 14.2 Å². The van der Waals surface area contributed by atoms with E-state index >= 15 is 0 Å². The number of aliphatic hydroxyl groups excluding tert-OH is 1. The van der Waals surface area contributed by atoms with E-state index in [0.29, 0.717) is 6.42 Å². The van der Waals surface area contributed by atoms with E-state index in [1.54, 1.807) is 14.2 Å². The fraction of sp³-hybridized carbons (Fsp3) is 0.929. The van der Waals surface area contributed by atoms with E-state index < -0.39 is 12.1 Å². The number of hydrogen-bond donors (Lipinski definition) is 2. The highest BCUT2D eigenvalue weighted by molar-refractivity contribution is 5.67. The first kappa shape index (κ1) is 18.4. The third kappa shape index (κ3) is 9.87. The van der Waals surface area contributed by atoms with E-state index in [9.17, 15) is 9.90 Å². The van der Waals surface area contributed by atoms with Crippen LogP contribution in [0.3, 0.4) is 0 Å². The van der Waals surface area contributed by atoms with Crippen molar-refractivity contribution in [2.75, 3.05) is 14.2 Å². The molecule has 5 heteroatoms. The Labute approximate surface area is 115 Å². The van der Waals surface area contributed by atoms with Crippen LogP contribution in [0.2, 0.25) is 0 Å². The number of ether oxygens (including phenoxy) is 2. The zero-order valence-corrected chi connectivity index (χ0v) is 12.3. The number of carboxylic acid groups (broad SMARTS) is 1. The smallest absolute Gasteiger partial charge is 0.305 e. The summed E-state index contributed by atoms with van der Waals surface area (Å²) in [5, 5.41) is 18.0. The van der Waals surface area contributed by atoms with E-state index in [4.69, 9.17) is 14.6 Å². The summed E-state index contributed by atoms with van der Waals surface area (Å²) in [6.45, 7) is 2.09. The van der Waals surface area contributed by atoms with Crippen LogP contribution in [0.25, 0.3) is 0 Å². The Hall–Kier alpha value is -0.650. The molecular weight excluding hydrogens is 248 g/mol. The molecule has 5 nitrogen and oxygen atoms in total. The van der Waals surface area contributed by atoms with Gasteiger partial charge in [0.15, 0.2) is 0 Å². The summed E-state index contributed by atoms with van der Waals surface area (Å²) >= 11 is 0. The van der Waals surface area contributed by atoms with Gasteiger partial charge in [-0.05, 0) is 25.7 Å². The molecule has 0 bridgehead atoms. The zero-order chi connectivity index (χ0) is 14.7. The van der Waals surface area contributed by atoms with E-state index in [-0.39, 0.29) is 18.6 Å². The normalized spacial score (nSPS) is 16.0. The van der Waals surface area contributed by atoms with Gasteiger partial charge < -0.3 is 19.7 Å². The van der Waals surface area contributed by atoms with E-state index in [2.05, 4.69) is 6.92 Å². The lowest BCUT2D eigenvalue weighted by Gasteiger charge is -2.20. The molecule has 3 atom stereocenters. The Morgan fingerprint density at radius 2 is 1.68 bits per heavy atom. The second kappa shape index (κ2) is 11.2. The fourth-order valence-electron chi connectivity index (χ4n) is 2.11. The molecule has 0 heterocycles. The monoisotopic (exact) mass is 276 g/mol. The Kier molecular flexibility index (Phi) is 10.8. The Bertz CT molecular complexity index is 228. The van der Waals surface area contributed by atoms with Crippen molar-refractivity contribution in [3.8, 4) is 0 Å². The zero-order valence-electron chi connectivity index (χ0n) is 12.3. The lowest BCUT2D eigenvalue weighted by molar-refractivity contribution is -0.139. The number of rotatable bonds is 12. The van der Waals surface area contributed by atoms with Crippen molar-refractivity contribution in [1.29, 1.82) is 0 Å². The maximum Gasteiger partial charge on any atom is 0.305 e. The molecule has 0 saturated heterocycles. The molecule has 0 aliphatic rings.